The van der Waals surface area contributed by atoms with Gasteiger partial charge in [0.2, 0.25) is 0 Å². The molecule has 0 spiro atoms. The van der Waals surface area contributed by atoms with Gasteiger partial charge in [-0.15, -0.1) is 0 Å². The molecule has 1 unspecified atom stereocenters. The molecule has 1 aliphatic rings. The zero-order valence-corrected chi connectivity index (χ0v) is 10.00. The minimum atomic E-state index is 0.763. The predicted molar refractivity (Wildman–Crippen MR) is 62.3 cm³/mol. The van der Waals surface area contributed by atoms with E-state index in [1.54, 1.807) is 0 Å². The molecule has 1 fully saturated rings. The molecule has 2 heteroatoms. The fourth-order valence-electron chi connectivity index (χ4n) is 2.06. The number of rotatable bonds is 7. The fraction of sp³-hybridized carbons (Fsp3) is 1.00. The summed E-state index contributed by atoms with van der Waals surface area (Å²) < 4.78 is 0. The lowest BCUT2D eigenvalue weighted by Gasteiger charge is -2.27. The molecule has 0 aromatic rings. The highest BCUT2D eigenvalue weighted by atomic mass is 15.2. The van der Waals surface area contributed by atoms with Crippen molar-refractivity contribution in [1.29, 1.82) is 0 Å². The Hall–Kier alpha value is -0.0800. The first-order valence-electron chi connectivity index (χ1n) is 6.07. The standard InChI is InChI=1S/C12H26N2/c1-10(2)8-14(12-4-5-12)9-11(3)6-7-13/h10-12H,4-9,13H2,1-3H3. The monoisotopic (exact) mass is 198 g/mol. The molecule has 1 rings (SSSR count). The summed E-state index contributed by atoms with van der Waals surface area (Å²) in [5.41, 5.74) is 5.58. The summed E-state index contributed by atoms with van der Waals surface area (Å²) in [6, 6.07) is 0.901. The van der Waals surface area contributed by atoms with Crippen LogP contribution in [0, 0.1) is 11.8 Å². The van der Waals surface area contributed by atoms with Gasteiger partial charge in [-0.25, -0.2) is 0 Å². The first kappa shape index (κ1) is 12.0. The highest BCUT2D eigenvalue weighted by Gasteiger charge is 2.29. The van der Waals surface area contributed by atoms with Crippen LogP contribution in [0.3, 0.4) is 0 Å². The van der Waals surface area contributed by atoms with Crippen LogP contribution in [0.2, 0.25) is 0 Å². The average molecular weight is 198 g/mol. The summed E-state index contributed by atoms with van der Waals surface area (Å²) in [4.78, 5) is 2.67. The molecule has 0 saturated heterocycles. The van der Waals surface area contributed by atoms with E-state index in [4.69, 9.17) is 5.73 Å². The molecule has 84 valence electrons. The Labute approximate surface area is 88.8 Å². The molecule has 0 amide bonds. The zero-order valence-electron chi connectivity index (χ0n) is 10.00. The van der Waals surface area contributed by atoms with Crippen molar-refractivity contribution in [3.05, 3.63) is 0 Å². The van der Waals surface area contributed by atoms with Gasteiger partial charge < -0.3 is 5.73 Å². The molecule has 0 aromatic heterocycles. The van der Waals surface area contributed by atoms with Crippen LogP contribution in [0.4, 0.5) is 0 Å². The van der Waals surface area contributed by atoms with Crippen molar-refractivity contribution >= 4 is 0 Å². The molecule has 0 radical (unpaired) electrons. The van der Waals surface area contributed by atoms with E-state index in [2.05, 4.69) is 25.7 Å². The van der Waals surface area contributed by atoms with E-state index >= 15 is 0 Å². The van der Waals surface area contributed by atoms with Gasteiger partial charge in [0.05, 0.1) is 0 Å². The largest absolute Gasteiger partial charge is 0.330 e. The highest BCUT2D eigenvalue weighted by molar-refractivity contribution is 4.85. The van der Waals surface area contributed by atoms with Crippen LogP contribution >= 0.6 is 0 Å². The van der Waals surface area contributed by atoms with E-state index in [9.17, 15) is 0 Å². The molecule has 1 saturated carbocycles. The van der Waals surface area contributed by atoms with Gasteiger partial charge in [-0.05, 0) is 37.6 Å². The lowest BCUT2D eigenvalue weighted by Crippen LogP contribution is -2.34. The first-order valence-corrected chi connectivity index (χ1v) is 6.07. The van der Waals surface area contributed by atoms with Crippen molar-refractivity contribution in [2.24, 2.45) is 17.6 Å². The molecule has 0 aromatic carbocycles. The minimum Gasteiger partial charge on any atom is -0.330 e. The van der Waals surface area contributed by atoms with E-state index in [0.717, 1.165) is 24.4 Å². The Morgan fingerprint density at radius 1 is 1.21 bits per heavy atom. The number of nitrogens with two attached hydrogens (primary N) is 1. The predicted octanol–water partition coefficient (Wildman–Crippen LogP) is 2.09. The molecule has 2 N–H and O–H groups in total. The summed E-state index contributed by atoms with van der Waals surface area (Å²) in [5, 5.41) is 0. The molecular weight excluding hydrogens is 172 g/mol. The third kappa shape index (κ3) is 4.43. The normalized spacial score (nSPS) is 19.3. The maximum Gasteiger partial charge on any atom is 0.00966 e. The van der Waals surface area contributed by atoms with Crippen LogP contribution in [0.25, 0.3) is 0 Å². The zero-order chi connectivity index (χ0) is 10.6. The van der Waals surface area contributed by atoms with Gasteiger partial charge in [0.1, 0.15) is 0 Å². The smallest absolute Gasteiger partial charge is 0.00966 e. The van der Waals surface area contributed by atoms with Crippen LogP contribution in [-0.2, 0) is 0 Å². The first-order chi connectivity index (χ1) is 6.63. The third-order valence-corrected chi connectivity index (χ3v) is 2.87. The summed E-state index contributed by atoms with van der Waals surface area (Å²) in [7, 11) is 0. The fourth-order valence-corrected chi connectivity index (χ4v) is 2.06. The molecule has 0 aliphatic heterocycles. The number of hydrogen-bond donors (Lipinski definition) is 1. The topological polar surface area (TPSA) is 29.3 Å². The Morgan fingerprint density at radius 3 is 2.29 bits per heavy atom. The summed E-state index contributed by atoms with van der Waals surface area (Å²) in [6.07, 6.45) is 4.01. The van der Waals surface area contributed by atoms with E-state index < -0.39 is 0 Å². The van der Waals surface area contributed by atoms with E-state index in [1.165, 1.54) is 32.4 Å². The average Bonchev–Trinajstić information content (AvgIpc) is 2.84. The Kier molecular flexibility index (Phi) is 4.90. The lowest BCUT2D eigenvalue weighted by atomic mass is 10.1. The molecule has 14 heavy (non-hydrogen) atoms. The van der Waals surface area contributed by atoms with Crippen LogP contribution in [-0.4, -0.2) is 30.6 Å². The third-order valence-electron chi connectivity index (χ3n) is 2.87. The molecule has 1 atom stereocenters. The minimum absolute atomic E-state index is 0.763. The van der Waals surface area contributed by atoms with Gasteiger partial charge in [-0.1, -0.05) is 20.8 Å². The molecule has 0 bridgehead atoms. The van der Waals surface area contributed by atoms with Crippen molar-refractivity contribution < 1.29 is 0 Å². The summed E-state index contributed by atoms with van der Waals surface area (Å²) in [5.74, 6) is 1.56. The van der Waals surface area contributed by atoms with Crippen molar-refractivity contribution in [3.63, 3.8) is 0 Å². The Balaban J connectivity index is 2.27. The van der Waals surface area contributed by atoms with Gasteiger partial charge in [-0.2, -0.15) is 0 Å². The second-order valence-corrected chi connectivity index (χ2v) is 5.26. The van der Waals surface area contributed by atoms with Crippen LogP contribution in [0.1, 0.15) is 40.0 Å². The van der Waals surface area contributed by atoms with Crippen LogP contribution in [0.15, 0.2) is 0 Å². The van der Waals surface area contributed by atoms with Gasteiger partial charge in [0, 0.05) is 19.1 Å². The molecule has 1 aliphatic carbocycles. The Morgan fingerprint density at radius 2 is 1.86 bits per heavy atom. The van der Waals surface area contributed by atoms with Crippen molar-refractivity contribution in [1.82, 2.24) is 4.90 Å². The maximum absolute atomic E-state index is 5.58. The number of hydrogen-bond acceptors (Lipinski definition) is 2. The van der Waals surface area contributed by atoms with E-state index in [0.29, 0.717) is 0 Å². The summed E-state index contributed by atoms with van der Waals surface area (Å²) in [6.45, 7) is 10.3. The van der Waals surface area contributed by atoms with E-state index in [-0.39, 0.29) is 0 Å². The van der Waals surface area contributed by atoms with Gasteiger partial charge >= 0.3 is 0 Å². The molecule has 0 heterocycles. The van der Waals surface area contributed by atoms with Gasteiger partial charge in [-0.3, -0.25) is 4.90 Å². The van der Waals surface area contributed by atoms with Crippen LogP contribution in [0.5, 0.6) is 0 Å². The van der Waals surface area contributed by atoms with E-state index in [1.807, 2.05) is 0 Å². The second-order valence-electron chi connectivity index (χ2n) is 5.26. The van der Waals surface area contributed by atoms with Gasteiger partial charge in [0.15, 0.2) is 0 Å². The van der Waals surface area contributed by atoms with Gasteiger partial charge in [0.25, 0.3) is 0 Å². The quantitative estimate of drug-likeness (QED) is 0.679. The SMILES string of the molecule is CC(C)CN(CC(C)CCN)C1CC1. The number of nitrogens with zero attached hydrogens (tertiary/aromatic N) is 1. The summed E-state index contributed by atoms with van der Waals surface area (Å²) >= 11 is 0. The Bertz CT molecular complexity index is 152. The second kappa shape index (κ2) is 5.72. The van der Waals surface area contributed by atoms with Crippen molar-refractivity contribution in [2.45, 2.75) is 46.1 Å². The lowest BCUT2D eigenvalue weighted by molar-refractivity contribution is 0.201. The molecule has 2 nitrogen and oxygen atoms in total. The van der Waals surface area contributed by atoms with Crippen LogP contribution < -0.4 is 5.73 Å². The maximum atomic E-state index is 5.58. The highest BCUT2D eigenvalue weighted by Crippen LogP contribution is 2.28. The van der Waals surface area contributed by atoms with Crippen molar-refractivity contribution in [2.75, 3.05) is 19.6 Å². The van der Waals surface area contributed by atoms with Crippen molar-refractivity contribution in [3.8, 4) is 0 Å². The molecular formula is C12H26N2.